The van der Waals surface area contributed by atoms with E-state index in [-0.39, 0.29) is 0 Å². The predicted octanol–water partition coefficient (Wildman–Crippen LogP) is 2.74. The molecule has 0 aromatic carbocycles. The fourth-order valence-corrected chi connectivity index (χ4v) is 5.97. The second-order valence-electron chi connectivity index (χ2n) is 7.83. The first kappa shape index (κ1) is 12.6. The minimum Gasteiger partial charge on any atom is -0.315 e. The van der Waals surface area contributed by atoms with Gasteiger partial charge in [-0.1, -0.05) is 0 Å². The predicted molar refractivity (Wildman–Crippen MR) is 79.1 cm³/mol. The molecule has 5 fully saturated rings. The highest BCUT2D eigenvalue weighted by Gasteiger charge is 2.47. The summed E-state index contributed by atoms with van der Waals surface area (Å²) in [5, 5.41) is 3.52. The van der Waals surface area contributed by atoms with Crippen LogP contribution in [0.15, 0.2) is 0 Å². The number of hydrogen-bond acceptors (Lipinski definition) is 2. The zero-order valence-corrected chi connectivity index (χ0v) is 12.3. The third kappa shape index (κ3) is 2.58. The lowest BCUT2D eigenvalue weighted by Gasteiger charge is -2.54. The minimum atomic E-state index is 1.10. The monoisotopic (exact) mass is 262 g/mol. The van der Waals surface area contributed by atoms with Crippen LogP contribution in [0.2, 0.25) is 0 Å². The Bertz CT molecular complexity index is 278. The van der Waals surface area contributed by atoms with Gasteiger partial charge in [-0.15, -0.1) is 0 Å². The van der Waals surface area contributed by atoms with E-state index in [4.69, 9.17) is 0 Å². The maximum absolute atomic E-state index is 3.52. The molecule has 0 spiro atoms. The summed E-state index contributed by atoms with van der Waals surface area (Å²) in [6, 6.07) is 0. The Morgan fingerprint density at radius 3 is 2.32 bits per heavy atom. The van der Waals surface area contributed by atoms with Gasteiger partial charge in [-0.3, -0.25) is 0 Å². The van der Waals surface area contributed by atoms with Crippen LogP contribution in [-0.2, 0) is 0 Å². The van der Waals surface area contributed by atoms with Crippen molar-refractivity contribution in [1.82, 2.24) is 10.2 Å². The topological polar surface area (TPSA) is 15.3 Å². The summed E-state index contributed by atoms with van der Waals surface area (Å²) in [5.74, 6) is 5.63. The van der Waals surface area contributed by atoms with Crippen LogP contribution in [0.5, 0.6) is 0 Å². The zero-order chi connectivity index (χ0) is 12.7. The van der Waals surface area contributed by atoms with Gasteiger partial charge in [0.15, 0.2) is 0 Å². The molecular weight excluding hydrogens is 232 g/mol. The van der Waals surface area contributed by atoms with Crippen LogP contribution >= 0.6 is 0 Å². The van der Waals surface area contributed by atoms with Crippen LogP contribution in [0.25, 0.3) is 0 Å². The van der Waals surface area contributed by atoms with Crippen LogP contribution in [0.4, 0.5) is 0 Å². The molecule has 0 amide bonds. The van der Waals surface area contributed by atoms with Crippen LogP contribution in [0.1, 0.15) is 44.9 Å². The van der Waals surface area contributed by atoms with Crippen LogP contribution in [0.3, 0.4) is 0 Å². The lowest BCUT2D eigenvalue weighted by molar-refractivity contribution is -0.0424. The van der Waals surface area contributed by atoms with E-state index in [1.54, 1.807) is 32.1 Å². The molecule has 108 valence electrons. The lowest BCUT2D eigenvalue weighted by Crippen LogP contribution is -2.46. The van der Waals surface area contributed by atoms with E-state index in [2.05, 4.69) is 10.2 Å². The first-order valence-corrected chi connectivity index (χ1v) is 8.81. The molecule has 1 aliphatic heterocycles. The molecule has 0 atom stereocenters. The molecule has 4 saturated carbocycles. The summed E-state index contributed by atoms with van der Waals surface area (Å²) in [4.78, 5) is 2.73. The van der Waals surface area contributed by atoms with Crippen molar-refractivity contribution in [3.63, 3.8) is 0 Å². The Morgan fingerprint density at radius 1 is 0.842 bits per heavy atom. The molecule has 0 aromatic rings. The molecule has 19 heavy (non-hydrogen) atoms. The van der Waals surface area contributed by atoms with Gasteiger partial charge in [0.05, 0.1) is 0 Å². The van der Waals surface area contributed by atoms with E-state index < -0.39 is 0 Å². The van der Waals surface area contributed by atoms with E-state index >= 15 is 0 Å². The number of hydrogen-bond donors (Lipinski definition) is 1. The van der Waals surface area contributed by atoms with Gasteiger partial charge in [0.1, 0.15) is 0 Å². The van der Waals surface area contributed by atoms with E-state index in [0.29, 0.717) is 0 Å². The maximum Gasteiger partial charge on any atom is 0.0107 e. The van der Waals surface area contributed by atoms with Crippen molar-refractivity contribution in [3.8, 4) is 0 Å². The highest BCUT2D eigenvalue weighted by atomic mass is 15.1. The fraction of sp³-hybridized carbons (Fsp3) is 1.00. The summed E-state index contributed by atoms with van der Waals surface area (Å²) in [5.41, 5.74) is 0. The second kappa shape index (κ2) is 5.37. The number of nitrogens with zero attached hydrogens (tertiary/aromatic N) is 1. The minimum absolute atomic E-state index is 1.10. The normalized spacial score (nSPS) is 46.4. The third-order valence-corrected chi connectivity index (χ3v) is 6.63. The molecule has 4 bridgehead atoms. The Balaban J connectivity index is 1.33. The summed E-state index contributed by atoms with van der Waals surface area (Å²) >= 11 is 0. The largest absolute Gasteiger partial charge is 0.315 e. The second-order valence-corrected chi connectivity index (χ2v) is 7.83. The first-order valence-electron chi connectivity index (χ1n) is 8.81. The number of rotatable bonds is 3. The Kier molecular flexibility index (Phi) is 3.57. The van der Waals surface area contributed by atoms with Gasteiger partial charge in [0.2, 0.25) is 0 Å². The first-order chi connectivity index (χ1) is 9.38. The van der Waals surface area contributed by atoms with Crippen molar-refractivity contribution < 1.29 is 0 Å². The molecule has 4 aliphatic carbocycles. The highest BCUT2D eigenvalue weighted by molar-refractivity contribution is 4.98. The quantitative estimate of drug-likeness (QED) is 0.841. The Morgan fingerprint density at radius 2 is 1.58 bits per heavy atom. The van der Waals surface area contributed by atoms with E-state index in [0.717, 1.165) is 29.6 Å². The standard InChI is InChI=1S/C17H30N2/c1-3-18-4-7-19(5-1)6-2-17-15-9-13-8-14(11-15)12-16(17)10-13/h13-18H,1-12H2. The lowest BCUT2D eigenvalue weighted by atomic mass is 9.51. The molecule has 1 saturated heterocycles. The van der Waals surface area contributed by atoms with Crippen molar-refractivity contribution in [2.45, 2.75) is 44.9 Å². The summed E-state index contributed by atoms with van der Waals surface area (Å²) in [7, 11) is 0. The van der Waals surface area contributed by atoms with Gasteiger partial charge in [0.25, 0.3) is 0 Å². The summed E-state index contributed by atoms with van der Waals surface area (Å²) < 4.78 is 0. The van der Waals surface area contributed by atoms with Gasteiger partial charge in [-0.25, -0.2) is 0 Å². The van der Waals surface area contributed by atoms with E-state index in [9.17, 15) is 0 Å². The van der Waals surface area contributed by atoms with Gasteiger partial charge in [-0.05, 0) is 94.2 Å². The SMILES string of the molecule is C1CNCCN(CCC2C3CC4CC(C3)CC2C4)C1. The average molecular weight is 262 g/mol. The third-order valence-electron chi connectivity index (χ3n) is 6.63. The Hall–Kier alpha value is -0.0800. The molecule has 2 nitrogen and oxygen atoms in total. The van der Waals surface area contributed by atoms with Crippen LogP contribution < -0.4 is 5.32 Å². The molecule has 5 aliphatic rings. The van der Waals surface area contributed by atoms with Crippen molar-refractivity contribution in [3.05, 3.63) is 0 Å². The zero-order valence-electron chi connectivity index (χ0n) is 12.3. The van der Waals surface area contributed by atoms with Crippen LogP contribution in [-0.4, -0.2) is 37.6 Å². The Labute approximate surface area is 118 Å². The fourth-order valence-electron chi connectivity index (χ4n) is 5.97. The van der Waals surface area contributed by atoms with Crippen LogP contribution in [0, 0.1) is 29.6 Å². The van der Waals surface area contributed by atoms with Gasteiger partial charge >= 0.3 is 0 Å². The average Bonchev–Trinajstić information content (AvgIpc) is 2.66. The molecule has 0 radical (unpaired) electrons. The molecule has 5 rings (SSSR count). The molecular formula is C17H30N2. The van der Waals surface area contributed by atoms with Gasteiger partial charge in [0, 0.05) is 13.1 Å². The van der Waals surface area contributed by atoms with Gasteiger partial charge < -0.3 is 10.2 Å². The number of nitrogens with one attached hydrogen (secondary N) is 1. The van der Waals surface area contributed by atoms with Crippen molar-refractivity contribution in [2.24, 2.45) is 29.6 Å². The summed E-state index contributed by atoms with van der Waals surface area (Å²) in [6.45, 7) is 6.44. The molecule has 0 unspecified atom stereocenters. The molecule has 1 heterocycles. The smallest absolute Gasteiger partial charge is 0.0107 e. The van der Waals surface area contributed by atoms with Gasteiger partial charge in [-0.2, -0.15) is 0 Å². The van der Waals surface area contributed by atoms with Crippen molar-refractivity contribution in [2.75, 3.05) is 32.7 Å². The highest BCUT2D eigenvalue weighted by Crippen LogP contribution is 2.57. The van der Waals surface area contributed by atoms with E-state index in [1.165, 1.54) is 45.6 Å². The molecule has 1 N–H and O–H groups in total. The molecule has 0 aromatic heterocycles. The van der Waals surface area contributed by atoms with E-state index in [1.807, 2.05) is 0 Å². The van der Waals surface area contributed by atoms with Crippen molar-refractivity contribution in [1.29, 1.82) is 0 Å². The maximum atomic E-state index is 3.52. The molecule has 2 heteroatoms. The summed E-state index contributed by atoms with van der Waals surface area (Å²) in [6.07, 6.45) is 10.8. The van der Waals surface area contributed by atoms with Crippen molar-refractivity contribution >= 4 is 0 Å².